The number of rotatable bonds is 13. The van der Waals surface area contributed by atoms with Crippen molar-refractivity contribution in [2.45, 2.75) is 46.1 Å². The van der Waals surface area contributed by atoms with Crippen molar-refractivity contribution in [3.8, 4) is 0 Å². The number of carbonyl (C=O) groups excluding carboxylic acids is 3. The van der Waals surface area contributed by atoms with Crippen LogP contribution in [0.1, 0.15) is 59.9 Å². The molecule has 3 aromatic carbocycles. The Kier molecular flexibility index (Phi) is 11.1. The molecule has 6 nitrogen and oxygen atoms in total. The highest BCUT2D eigenvalue weighted by atomic mass is 16.2. The van der Waals surface area contributed by atoms with E-state index in [0.717, 1.165) is 24.1 Å². The molecule has 0 bridgehead atoms. The minimum absolute atomic E-state index is 0.0676. The Hall–Kier alpha value is -3.93. The standard InChI is InChI=1S/C32H38N3O3/c1-4-19-35(20-5-2)32(38)27-16-12-15-26(23-27)31(37)34-29(22-25-13-8-6-9-14-25)21-24(3)30(36)33-28-17-10-7-11-18-28/h6-18,21,23-24,29H,4-5,19-20,22H2,1-3H3,(H,33,36)(H,34,37)/t24?,29-/m1/s1. The van der Waals surface area contributed by atoms with E-state index in [9.17, 15) is 14.4 Å². The van der Waals surface area contributed by atoms with Gasteiger partial charge in [0.1, 0.15) is 0 Å². The second-order valence-electron chi connectivity index (χ2n) is 9.48. The van der Waals surface area contributed by atoms with Crippen LogP contribution in [-0.4, -0.2) is 41.8 Å². The molecule has 3 aromatic rings. The summed E-state index contributed by atoms with van der Waals surface area (Å²) in [5.41, 5.74) is 2.68. The molecule has 0 aliphatic rings. The average Bonchev–Trinajstić information content (AvgIpc) is 2.93. The lowest BCUT2D eigenvalue weighted by Crippen LogP contribution is -2.40. The van der Waals surface area contributed by atoms with E-state index in [1.165, 1.54) is 0 Å². The SMILES string of the molecule is CCCN(CCC)C(=O)c1cccc(C(=O)N[C@H]([CH]C(C)C(=O)Nc2ccccc2)Cc2ccccc2)c1. The van der Waals surface area contributed by atoms with Gasteiger partial charge in [-0.3, -0.25) is 14.4 Å². The van der Waals surface area contributed by atoms with Gasteiger partial charge in [-0.2, -0.15) is 0 Å². The van der Waals surface area contributed by atoms with Crippen LogP contribution in [0.3, 0.4) is 0 Å². The molecule has 2 N–H and O–H groups in total. The van der Waals surface area contributed by atoms with E-state index in [1.807, 2.05) is 92.8 Å². The van der Waals surface area contributed by atoms with Crippen LogP contribution in [0.2, 0.25) is 0 Å². The summed E-state index contributed by atoms with van der Waals surface area (Å²) < 4.78 is 0. The van der Waals surface area contributed by atoms with Gasteiger partial charge in [-0.15, -0.1) is 0 Å². The van der Waals surface area contributed by atoms with E-state index in [2.05, 4.69) is 10.6 Å². The van der Waals surface area contributed by atoms with Gasteiger partial charge in [-0.25, -0.2) is 0 Å². The Morgan fingerprint density at radius 1 is 0.816 bits per heavy atom. The molecule has 2 atom stereocenters. The maximum Gasteiger partial charge on any atom is 0.253 e. The largest absolute Gasteiger partial charge is 0.349 e. The Morgan fingerprint density at radius 2 is 1.42 bits per heavy atom. The Bertz CT molecular complexity index is 1170. The van der Waals surface area contributed by atoms with E-state index in [4.69, 9.17) is 0 Å². The average molecular weight is 513 g/mol. The first kappa shape index (κ1) is 28.6. The summed E-state index contributed by atoms with van der Waals surface area (Å²) in [4.78, 5) is 41.1. The lowest BCUT2D eigenvalue weighted by atomic mass is 9.95. The van der Waals surface area contributed by atoms with E-state index < -0.39 is 12.0 Å². The van der Waals surface area contributed by atoms with Crippen LogP contribution in [0.25, 0.3) is 0 Å². The summed E-state index contributed by atoms with van der Waals surface area (Å²) in [5.74, 6) is -0.955. The fraction of sp³-hybridized carbons (Fsp3) is 0.312. The topological polar surface area (TPSA) is 78.5 Å². The zero-order valence-corrected chi connectivity index (χ0v) is 22.5. The first-order chi connectivity index (χ1) is 18.4. The van der Waals surface area contributed by atoms with Gasteiger partial charge < -0.3 is 15.5 Å². The Labute approximate surface area is 226 Å². The quantitative estimate of drug-likeness (QED) is 0.305. The van der Waals surface area contributed by atoms with Crippen LogP contribution >= 0.6 is 0 Å². The van der Waals surface area contributed by atoms with E-state index >= 15 is 0 Å². The normalized spacial score (nSPS) is 12.3. The molecule has 3 amide bonds. The number of anilines is 1. The number of hydrogen-bond acceptors (Lipinski definition) is 3. The van der Waals surface area contributed by atoms with Crippen LogP contribution in [0, 0.1) is 12.3 Å². The summed E-state index contributed by atoms with van der Waals surface area (Å²) in [6, 6.07) is 25.6. The van der Waals surface area contributed by atoms with Gasteiger partial charge in [0, 0.05) is 41.9 Å². The van der Waals surface area contributed by atoms with Crippen molar-refractivity contribution in [3.63, 3.8) is 0 Å². The molecule has 0 spiro atoms. The van der Waals surface area contributed by atoms with Crippen LogP contribution in [0.5, 0.6) is 0 Å². The first-order valence-electron chi connectivity index (χ1n) is 13.4. The molecular weight excluding hydrogens is 474 g/mol. The number of nitrogens with one attached hydrogen (secondary N) is 2. The highest BCUT2D eigenvalue weighted by molar-refractivity contribution is 6.00. The maximum atomic E-state index is 13.3. The number of benzene rings is 3. The van der Waals surface area contributed by atoms with Crippen LogP contribution in [-0.2, 0) is 11.2 Å². The van der Waals surface area contributed by atoms with Gasteiger partial charge in [0.25, 0.3) is 11.8 Å². The predicted molar refractivity (Wildman–Crippen MR) is 153 cm³/mol. The molecule has 0 aliphatic heterocycles. The number of hydrogen-bond donors (Lipinski definition) is 2. The highest BCUT2D eigenvalue weighted by Crippen LogP contribution is 2.16. The zero-order valence-electron chi connectivity index (χ0n) is 22.5. The number of para-hydroxylation sites is 1. The summed E-state index contributed by atoms with van der Waals surface area (Å²) in [5, 5.41) is 6.00. The summed E-state index contributed by atoms with van der Waals surface area (Å²) >= 11 is 0. The van der Waals surface area contributed by atoms with Gasteiger partial charge in [-0.1, -0.05) is 75.4 Å². The Balaban J connectivity index is 1.74. The smallest absolute Gasteiger partial charge is 0.253 e. The van der Waals surface area contributed by atoms with Crippen molar-refractivity contribution in [1.82, 2.24) is 10.2 Å². The van der Waals surface area contributed by atoms with Gasteiger partial charge in [-0.05, 0) is 61.6 Å². The summed E-state index contributed by atoms with van der Waals surface area (Å²) in [6.45, 7) is 7.27. The number of amides is 3. The molecule has 1 radical (unpaired) electrons. The predicted octanol–water partition coefficient (Wildman–Crippen LogP) is 5.77. The summed E-state index contributed by atoms with van der Waals surface area (Å²) in [7, 11) is 0. The third kappa shape index (κ3) is 8.58. The molecule has 6 heteroatoms. The molecule has 199 valence electrons. The van der Waals surface area contributed by atoms with Crippen molar-refractivity contribution >= 4 is 23.4 Å². The second-order valence-corrected chi connectivity index (χ2v) is 9.48. The minimum atomic E-state index is -0.450. The number of carbonyl (C=O) groups is 3. The molecule has 0 saturated carbocycles. The van der Waals surface area contributed by atoms with Crippen molar-refractivity contribution in [2.75, 3.05) is 18.4 Å². The minimum Gasteiger partial charge on any atom is -0.349 e. The van der Waals surface area contributed by atoms with Gasteiger partial charge in [0.05, 0.1) is 0 Å². The first-order valence-corrected chi connectivity index (χ1v) is 13.4. The van der Waals surface area contributed by atoms with E-state index in [-0.39, 0.29) is 17.7 Å². The molecule has 0 fully saturated rings. The van der Waals surface area contributed by atoms with Crippen molar-refractivity contribution in [3.05, 3.63) is 108 Å². The van der Waals surface area contributed by atoms with Gasteiger partial charge in [0.15, 0.2) is 0 Å². The lowest BCUT2D eigenvalue weighted by Gasteiger charge is -2.23. The maximum absolute atomic E-state index is 13.3. The molecular formula is C32H38N3O3. The van der Waals surface area contributed by atoms with Crippen molar-refractivity contribution < 1.29 is 14.4 Å². The van der Waals surface area contributed by atoms with Gasteiger partial charge >= 0.3 is 0 Å². The number of nitrogens with zero attached hydrogens (tertiary/aromatic N) is 1. The second kappa shape index (κ2) is 14.7. The van der Waals surface area contributed by atoms with Gasteiger partial charge in [0.2, 0.25) is 5.91 Å². The summed E-state index contributed by atoms with van der Waals surface area (Å²) in [6.07, 6.45) is 4.15. The lowest BCUT2D eigenvalue weighted by molar-refractivity contribution is -0.118. The van der Waals surface area contributed by atoms with E-state index in [0.29, 0.717) is 30.6 Å². The Morgan fingerprint density at radius 3 is 2.05 bits per heavy atom. The van der Waals surface area contributed by atoms with Crippen molar-refractivity contribution in [1.29, 1.82) is 0 Å². The third-order valence-corrected chi connectivity index (χ3v) is 6.24. The molecule has 0 heterocycles. The molecule has 0 aromatic heterocycles. The van der Waals surface area contributed by atoms with E-state index in [1.54, 1.807) is 24.3 Å². The van der Waals surface area contributed by atoms with Crippen molar-refractivity contribution in [2.24, 2.45) is 5.92 Å². The fourth-order valence-electron chi connectivity index (χ4n) is 4.33. The van der Waals surface area contributed by atoms with Crippen LogP contribution in [0.15, 0.2) is 84.9 Å². The molecule has 0 aliphatic carbocycles. The molecule has 0 saturated heterocycles. The molecule has 38 heavy (non-hydrogen) atoms. The van der Waals surface area contributed by atoms with Crippen LogP contribution in [0.4, 0.5) is 5.69 Å². The monoisotopic (exact) mass is 512 g/mol. The molecule has 3 rings (SSSR count). The zero-order chi connectivity index (χ0) is 27.3. The molecule has 1 unspecified atom stereocenters. The highest BCUT2D eigenvalue weighted by Gasteiger charge is 2.23. The third-order valence-electron chi connectivity index (χ3n) is 6.24. The fourth-order valence-corrected chi connectivity index (χ4v) is 4.33. The van der Waals surface area contributed by atoms with Crippen LogP contribution < -0.4 is 10.6 Å².